The predicted molar refractivity (Wildman–Crippen MR) is 219 cm³/mol. The summed E-state index contributed by atoms with van der Waals surface area (Å²) >= 11 is 1.37. The van der Waals surface area contributed by atoms with Crippen LogP contribution >= 0.6 is 11.3 Å². The number of amides is 2. The predicted octanol–water partition coefficient (Wildman–Crippen LogP) is 4.69. The molecule has 1 aliphatic rings. The maximum absolute atomic E-state index is 14.4. The standard InChI is InChI=1S/C40H51N11O4S/c1-40(2,3)32-26-56-39(41-32)43-37(53)29-17-19-49-34(23-29)42-36(48-18-9-10-28(24-48)22-35(52)47(4)20-21-51(5,6)7)31(38(49)54)15-16-33-44-45-46-50(33)25-27-11-13-30(55-8)14-12-27/h11-17,19,23,26,28H,9-10,18,20-22,24-25H2,1-8H3/p+1. The number of nitrogens with one attached hydrogen (secondary N) is 1. The van der Waals surface area contributed by atoms with Crippen LogP contribution < -0.4 is 20.5 Å². The summed E-state index contributed by atoms with van der Waals surface area (Å²) in [6.45, 7) is 9.35. The lowest BCUT2D eigenvalue weighted by Gasteiger charge is -2.35. The summed E-state index contributed by atoms with van der Waals surface area (Å²) in [6.07, 6.45) is 7.11. The number of benzene rings is 1. The topological polar surface area (TPSA) is 153 Å². The van der Waals surface area contributed by atoms with Crippen molar-refractivity contribution in [2.45, 2.75) is 52.0 Å². The first kappa shape index (κ1) is 40.2. The van der Waals surface area contributed by atoms with Crippen LogP contribution in [0.2, 0.25) is 0 Å². The van der Waals surface area contributed by atoms with E-state index in [2.05, 4.69) is 72.6 Å². The number of ether oxygens (including phenoxy) is 1. The first-order valence-electron chi connectivity index (χ1n) is 18.8. The molecular formula is C40H52N11O4S+. The van der Waals surface area contributed by atoms with E-state index in [1.807, 2.05) is 41.6 Å². The Kier molecular flexibility index (Phi) is 12.0. The van der Waals surface area contributed by atoms with Gasteiger partial charge in [-0.3, -0.25) is 24.1 Å². The second-order valence-corrected chi connectivity index (χ2v) is 17.3. The maximum atomic E-state index is 14.4. The van der Waals surface area contributed by atoms with Gasteiger partial charge in [-0.1, -0.05) is 32.9 Å². The van der Waals surface area contributed by atoms with Crippen LogP contribution in [0, 0.1) is 5.92 Å². The minimum Gasteiger partial charge on any atom is -0.497 e. The lowest BCUT2D eigenvalue weighted by atomic mass is 9.93. The molecule has 0 spiro atoms. The molecule has 296 valence electrons. The van der Waals surface area contributed by atoms with E-state index in [9.17, 15) is 14.4 Å². The van der Waals surface area contributed by atoms with Crippen LogP contribution in [0.25, 0.3) is 17.8 Å². The molecule has 15 nitrogen and oxygen atoms in total. The third-order valence-corrected chi connectivity index (χ3v) is 10.6. The van der Waals surface area contributed by atoms with Gasteiger partial charge in [0.15, 0.2) is 11.0 Å². The monoisotopic (exact) mass is 782 g/mol. The summed E-state index contributed by atoms with van der Waals surface area (Å²) < 4.78 is 9.15. The molecule has 5 heterocycles. The minimum atomic E-state index is -0.350. The van der Waals surface area contributed by atoms with Crippen molar-refractivity contribution in [3.8, 4) is 5.75 Å². The molecule has 1 aliphatic heterocycles. The fourth-order valence-corrected chi connectivity index (χ4v) is 7.35. The first-order chi connectivity index (χ1) is 26.6. The zero-order valence-electron chi connectivity index (χ0n) is 33.5. The Morgan fingerprint density at radius 2 is 1.88 bits per heavy atom. The van der Waals surface area contributed by atoms with Gasteiger partial charge in [0.1, 0.15) is 17.2 Å². The number of anilines is 2. The van der Waals surface area contributed by atoms with Crippen molar-refractivity contribution < 1.29 is 18.8 Å². The minimum absolute atomic E-state index is 0.0742. The van der Waals surface area contributed by atoms with Crippen LogP contribution in [-0.2, 0) is 16.8 Å². The van der Waals surface area contributed by atoms with Gasteiger partial charge in [0.05, 0.1) is 59.1 Å². The summed E-state index contributed by atoms with van der Waals surface area (Å²) in [4.78, 5) is 54.7. The lowest BCUT2D eigenvalue weighted by Crippen LogP contribution is -2.44. The van der Waals surface area contributed by atoms with Crippen LogP contribution in [0.1, 0.15) is 73.0 Å². The van der Waals surface area contributed by atoms with Gasteiger partial charge in [-0.15, -0.1) is 16.4 Å². The maximum Gasteiger partial charge on any atom is 0.267 e. The Labute approximate surface area is 331 Å². The van der Waals surface area contributed by atoms with E-state index in [1.165, 1.54) is 15.7 Å². The quantitative estimate of drug-likeness (QED) is 0.167. The highest BCUT2D eigenvalue weighted by Gasteiger charge is 2.28. The number of rotatable bonds is 13. The number of piperidine rings is 1. The van der Waals surface area contributed by atoms with Crippen molar-refractivity contribution in [2.24, 2.45) is 5.92 Å². The van der Waals surface area contributed by atoms with Gasteiger partial charge < -0.3 is 19.0 Å². The van der Waals surface area contributed by atoms with Gasteiger partial charge in [-0.25, -0.2) is 14.6 Å². The molecule has 6 rings (SSSR count). The third kappa shape index (κ3) is 9.84. The highest BCUT2D eigenvalue weighted by Crippen LogP contribution is 2.29. The number of likely N-dealkylation sites (N-methyl/N-ethyl adjacent to an activating group) is 2. The number of pyridine rings is 1. The van der Waals surface area contributed by atoms with Gasteiger partial charge >= 0.3 is 0 Å². The number of thiazole rings is 1. The number of tetrazole rings is 1. The molecule has 1 N–H and O–H groups in total. The van der Waals surface area contributed by atoms with E-state index in [1.54, 1.807) is 42.3 Å². The summed E-state index contributed by atoms with van der Waals surface area (Å²) in [5.41, 5.74) is 2.42. The van der Waals surface area contributed by atoms with Crippen LogP contribution in [0.4, 0.5) is 10.9 Å². The third-order valence-electron chi connectivity index (χ3n) is 9.86. The molecular weight excluding hydrogens is 731 g/mol. The largest absolute Gasteiger partial charge is 0.497 e. The van der Waals surface area contributed by atoms with Gasteiger partial charge in [0, 0.05) is 49.1 Å². The Hall–Kier alpha value is -5.48. The normalized spacial score (nSPS) is 15.1. The summed E-state index contributed by atoms with van der Waals surface area (Å²) in [7, 11) is 9.83. The van der Waals surface area contributed by atoms with E-state index in [0.717, 1.165) is 40.9 Å². The number of carbonyl (C=O) groups excluding carboxylic acids is 2. The number of carbonyl (C=O) groups is 2. The molecule has 56 heavy (non-hydrogen) atoms. The van der Waals surface area contributed by atoms with E-state index < -0.39 is 0 Å². The molecule has 0 saturated carbocycles. The number of nitrogens with zero attached hydrogens (tertiary/aromatic N) is 10. The first-order valence-corrected chi connectivity index (χ1v) is 19.7. The Bertz CT molecular complexity index is 2260. The van der Waals surface area contributed by atoms with Crippen molar-refractivity contribution in [3.63, 3.8) is 0 Å². The Morgan fingerprint density at radius 1 is 1.11 bits per heavy atom. The molecule has 5 aromatic rings. The second-order valence-electron chi connectivity index (χ2n) is 16.4. The number of quaternary nitrogens is 1. The molecule has 2 amide bonds. The summed E-state index contributed by atoms with van der Waals surface area (Å²) in [5, 5.41) is 17.6. The zero-order chi connectivity index (χ0) is 40.2. The van der Waals surface area contributed by atoms with E-state index in [0.29, 0.717) is 66.1 Å². The number of aromatic nitrogens is 7. The van der Waals surface area contributed by atoms with Crippen molar-refractivity contribution in [1.29, 1.82) is 0 Å². The van der Waals surface area contributed by atoms with Crippen LogP contribution in [0.3, 0.4) is 0 Å². The SMILES string of the molecule is COc1ccc(Cn2nnnc2C=Cc2c(N3CCCC(CC(=O)N(C)CC[N+](C)(C)C)C3)nc3cc(C(=O)Nc4nc(C(C)(C)C)cs4)ccn3c2=O)cc1. The van der Waals surface area contributed by atoms with Crippen molar-refractivity contribution in [3.05, 3.63) is 86.5 Å². The van der Waals surface area contributed by atoms with Crippen molar-refractivity contribution in [1.82, 2.24) is 39.5 Å². The van der Waals surface area contributed by atoms with Gasteiger partial charge in [0.25, 0.3) is 11.5 Å². The van der Waals surface area contributed by atoms with Gasteiger partial charge in [-0.05, 0) is 71.2 Å². The van der Waals surface area contributed by atoms with Gasteiger partial charge in [-0.2, -0.15) is 0 Å². The molecule has 0 radical (unpaired) electrons. The van der Waals surface area contributed by atoms with E-state index in [4.69, 9.17) is 9.72 Å². The summed E-state index contributed by atoms with van der Waals surface area (Å²) in [5.74, 6) is 1.51. The highest BCUT2D eigenvalue weighted by atomic mass is 32.1. The van der Waals surface area contributed by atoms with E-state index >= 15 is 0 Å². The Morgan fingerprint density at radius 3 is 2.57 bits per heavy atom. The zero-order valence-corrected chi connectivity index (χ0v) is 34.3. The number of hydrogen-bond donors (Lipinski definition) is 1. The molecule has 16 heteroatoms. The molecule has 1 saturated heterocycles. The lowest BCUT2D eigenvalue weighted by molar-refractivity contribution is -0.869. The van der Waals surface area contributed by atoms with Crippen LogP contribution in [0.15, 0.2) is 52.8 Å². The fraction of sp³-hybridized carbons (Fsp3) is 0.450. The second kappa shape index (κ2) is 16.7. The molecule has 0 aliphatic carbocycles. The van der Waals surface area contributed by atoms with Crippen LogP contribution in [0.5, 0.6) is 5.75 Å². The average molecular weight is 783 g/mol. The van der Waals surface area contributed by atoms with Crippen LogP contribution in [-0.4, -0.2) is 117 Å². The number of hydrogen-bond acceptors (Lipinski definition) is 11. The average Bonchev–Trinajstić information content (AvgIpc) is 3.83. The van der Waals surface area contributed by atoms with Crippen molar-refractivity contribution >= 4 is 51.9 Å². The Balaban J connectivity index is 1.31. The fourth-order valence-electron chi connectivity index (χ4n) is 6.42. The molecule has 1 unspecified atom stereocenters. The molecule has 4 aromatic heterocycles. The molecule has 1 aromatic carbocycles. The molecule has 0 bridgehead atoms. The number of fused-ring (bicyclic) bond motifs is 1. The van der Waals surface area contributed by atoms with E-state index in [-0.39, 0.29) is 28.7 Å². The van der Waals surface area contributed by atoms with Crippen molar-refractivity contribution in [2.75, 3.05) is 71.7 Å². The summed E-state index contributed by atoms with van der Waals surface area (Å²) in [6, 6.07) is 10.9. The molecule has 1 atom stereocenters. The highest BCUT2D eigenvalue weighted by molar-refractivity contribution is 7.14. The smallest absolute Gasteiger partial charge is 0.267 e. The van der Waals surface area contributed by atoms with Gasteiger partial charge in [0.2, 0.25) is 5.91 Å². The molecule has 1 fully saturated rings. The number of methoxy groups -OCH3 is 1.